The zero-order valence-electron chi connectivity index (χ0n) is 10.7. The summed E-state index contributed by atoms with van der Waals surface area (Å²) in [6.07, 6.45) is 1.01. The molecule has 1 aromatic carbocycles. The van der Waals surface area contributed by atoms with Crippen molar-refractivity contribution in [2.75, 3.05) is 18.6 Å². The molecule has 112 valence electrons. The summed E-state index contributed by atoms with van der Waals surface area (Å²) in [4.78, 5) is 10.8. The van der Waals surface area contributed by atoms with Crippen LogP contribution in [0.3, 0.4) is 0 Å². The van der Waals surface area contributed by atoms with E-state index in [4.69, 9.17) is 5.11 Å². The van der Waals surface area contributed by atoms with Crippen LogP contribution in [0.5, 0.6) is 0 Å². The standard InChI is InChI=1S/C11H15NO6S2/c1-19(15,16)6-5-12-20(17,18)8-9-3-2-4-10(7-9)11(13)14/h2-4,7,12H,5-6,8H2,1H3,(H,13,14). The van der Waals surface area contributed by atoms with Crippen LogP contribution in [0.15, 0.2) is 24.3 Å². The van der Waals surface area contributed by atoms with Gasteiger partial charge in [0, 0.05) is 12.8 Å². The molecule has 0 aliphatic heterocycles. The molecule has 0 aliphatic rings. The SMILES string of the molecule is CS(=O)(=O)CCNS(=O)(=O)Cc1cccc(C(=O)O)c1. The van der Waals surface area contributed by atoms with Gasteiger partial charge in [-0.05, 0) is 17.7 Å². The summed E-state index contributed by atoms with van der Waals surface area (Å²) in [6.45, 7) is -0.209. The van der Waals surface area contributed by atoms with Crippen molar-refractivity contribution in [3.8, 4) is 0 Å². The van der Waals surface area contributed by atoms with Crippen LogP contribution in [0, 0.1) is 0 Å². The van der Waals surface area contributed by atoms with Gasteiger partial charge in [0.2, 0.25) is 10.0 Å². The predicted octanol–water partition coefficient (Wildman–Crippen LogP) is -0.151. The van der Waals surface area contributed by atoms with Crippen molar-refractivity contribution < 1.29 is 26.7 Å². The molecule has 2 N–H and O–H groups in total. The van der Waals surface area contributed by atoms with E-state index in [1.807, 2.05) is 0 Å². The molecule has 0 atom stereocenters. The third-order valence-corrected chi connectivity index (χ3v) is 4.63. The average Bonchev–Trinajstić information content (AvgIpc) is 2.26. The molecule has 1 rings (SSSR count). The van der Waals surface area contributed by atoms with Gasteiger partial charge >= 0.3 is 5.97 Å². The average molecular weight is 321 g/mol. The fourth-order valence-corrected chi connectivity index (χ4v) is 3.18. The van der Waals surface area contributed by atoms with Crippen LogP contribution < -0.4 is 4.72 Å². The number of sulfone groups is 1. The summed E-state index contributed by atoms with van der Waals surface area (Å²) in [5, 5.41) is 8.81. The molecule has 0 saturated heterocycles. The maximum atomic E-state index is 11.7. The first-order chi connectivity index (χ1) is 9.09. The Balaban J connectivity index is 2.71. The first-order valence-electron chi connectivity index (χ1n) is 5.56. The minimum atomic E-state index is -3.71. The molecular weight excluding hydrogens is 306 g/mol. The van der Waals surface area contributed by atoms with Crippen LogP contribution in [0.4, 0.5) is 0 Å². The van der Waals surface area contributed by atoms with Crippen LogP contribution >= 0.6 is 0 Å². The molecule has 1 aromatic rings. The van der Waals surface area contributed by atoms with Crippen molar-refractivity contribution in [1.29, 1.82) is 0 Å². The molecule has 20 heavy (non-hydrogen) atoms. The van der Waals surface area contributed by atoms with Gasteiger partial charge in [0.1, 0.15) is 9.84 Å². The van der Waals surface area contributed by atoms with Crippen molar-refractivity contribution in [3.05, 3.63) is 35.4 Å². The molecule has 0 bridgehead atoms. The number of nitrogens with one attached hydrogen (secondary N) is 1. The lowest BCUT2D eigenvalue weighted by atomic mass is 10.1. The van der Waals surface area contributed by atoms with Crippen LogP contribution in [-0.2, 0) is 25.6 Å². The quantitative estimate of drug-likeness (QED) is 0.721. The summed E-state index contributed by atoms with van der Waals surface area (Å²) in [7, 11) is -6.95. The highest BCUT2D eigenvalue weighted by Crippen LogP contribution is 2.08. The fraction of sp³-hybridized carbons (Fsp3) is 0.364. The Morgan fingerprint density at radius 1 is 1.25 bits per heavy atom. The second kappa shape index (κ2) is 6.33. The lowest BCUT2D eigenvalue weighted by molar-refractivity contribution is 0.0696. The third-order valence-electron chi connectivity index (χ3n) is 2.33. The minimum Gasteiger partial charge on any atom is -0.478 e. The van der Waals surface area contributed by atoms with E-state index in [0.29, 0.717) is 5.56 Å². The second-order valence-electron chi connectivity index (χ2n) is 4.29. The zero-order valence-corrected chi connectivity index (χ0v) is 12.4. The summed E-state index contributed by atoms with van der Waals surface area (Å²) < 4.78 is 47.4. The highest BCUT2D eigenvalue weighted by Gasteiger charge is 2.13. The fourth-order valence-electron chi connectivity index (χ4n) is 1.45. The predicted molar refractivity (Wildman–Crippen MR) is 73.7 cm³/mol. The Labute approximate surface area is 117 Å². The summed E-state index contributed by atoms with van der Waals surface area (Å²) >= 11 is 0. The van der Waals surface area contributed by atoms with E-state index < -0.39 is 31.6 Å². The molecular formula is C11H15NO6S2. The van der Waals surface area contributed by atoms with E-state index >= 15 is 0 Å². The number of carbonyl (C=O) groups is 1. The van der Waals surface area contributed by atoms with Gasteiger partial charge in [-0.3, -0.25) is 0 Å². The maximum absolute atomic E-state index is 11.7. The molecule has 0 saturated carbocycles. The van der Waals surface area contributed by atoms with Crippen LogP contribution in [-0.4, -0.2) is 46.5 Å². The number of carboxylic acids is 1. The Kier molecular flexibility index (Phi) is 5.26. The van der Waals surface area contributed by atoms with E-state index in [1.54, 1.807) is 0 Å². The molecule has 0 radical (unpaired) electrons. The Morgan fingerprint density at radius 3 is 2.45 bits per heavy atom. The van der Waals surface area contributed by atoms with Crippen molar-refractivity contribution in [2.24, 2.45) is 0 Å². The Morgan fingerprint density at radius 2 is 1.90 bits per heavy atom. The summed E-state index contributed by atoms with van der Waals surface area (Å²) in [5.41, 5.74) is 0.311. The highest BCUT2D eigenvalue weighted by atomic mass is 32.2. The first kappa shape index (κ1) is 16.6. The molecule has 0 spiro atoms. The van der Waals surface area contributed by atoms with Crippen LogP contribution in [0.1, 0.15) is 15.9 Å². The molecule has 0 amide bonds. The van der Waals surface area contributed by atoms with Gasteiger partial charge in [-0.2, -0.15) is 0 Å². The van der Waals surface area contributed by atoms with Gasteiger partial charge in [0.25, 0.3) is 0 Å². The van der Waals surface area contributed by atoms with E-state index in [9.17, 15) is 21.6 Å². The molecule has 0 fully saturated rings. The third kappa shape index (κ3) is 6.13. The van der Waals surface area contributed by atoms with E-state index in [0.717, 1.165) is 6.26 Å². The molecule has 9 heteroatoms. The number of aromatic carboxylic acids is 1. The largest absolute Gasteiger partial charge is 0.478 e. The minimum absolute atomic E-state index is 0.00571. The Hall–Kier alpha value is -1.45. The Bertz CT molecular complexity index is 693. The van der Waals surface area contributed by atoms with Gasteiger partial charge < -0.3 is 5.11 Å². The molecule has 7 nitrogen and oxygen atoms in total. The van der Waals surface area contributed by atoms with Gasteiger partial charge in [-0.25, -0.2) is 26.4 Å². The van der Waals surface area contributed by atoms with Crippen LogP contribution in [0.2, 0.25) is 0 Å². The first-order valence-corrected chi connectivity index (χ1v) is 9.28. The molecule has 0 aromatic heterocycles. The zero-order chi connectivity index (χ0) is 15.4. The van der Waals surface area contributed by atoms with E-state index in [1.165, 1.54) is 24.3 Å². The smallest absolute Gasteiger partial charge is 0.335 e. The van der Waals surface area contributed by atoms with Crippen molar-refractivity contribution in [1.82, 2.24) is 4.72 Å². The van der Waals surface area contributed by atoms with E-state index in [-0.39, 0.29) is 17.9 Å². The number of hydrogen-bond donors (Lipinski definition) is 2. The highest BCUT2D eigenvalue weighted by molar-refractivity contribution is 7.91. The number of rotatable bonds is 7. The van der Waals surface area contributed by atoms with Crippen molar-refractivity contribution in [3.63, 3.8) is 0 Å². The maximum Gasteiger partial charge on any atom is 0.335 e. The van der Waals surface area contributed by atoms with Gasteiger partial charge in [-0.1, -0.05) is 12.1 Å². The normalized spacial score (nSPS) is 12.2. The molecule has 0 aliphatic carbocycles. The number of hydrogen-bond acceptors (Lipinski definition) is 5. The van der Waals surface area contributed by atoms with Crippen molar-refractivity contribution >= 4 is 25.8 Å². The number of sulfonamides is 1. The number of carboxylic acid groups (broad SMARTS) is 1. The lowest BCUT2D eigenvalue weighted by Gasteiger charge is -2.06. The number of benzene rings is 1. The van der Waals surface area contributed by atoms with E-state index in [2.05, 4.69) is 4.72 Å². The van der Waals surface area contributed by atoms with Crippen LogP contribution in [0.25, 0.3) is 0 Å². The second-order valence-corrected chi connectivity index (χ2v) is 8.36. The van der Waals surface area contributed by atoms with Gasteiger partial charge in [0.05, 0.1) is 17.1 Å². The van der Waals surface area contributed by atoms with Gasteiger partial charge in [0.15, 0.2) is 0 Å². The summed E-state index contributed by atoms with van der Waals surface area (Å²) in [5.74, 6) is -1.84. The summed E-state index contributed by atoms with van der Waals surface area (Å²) in [6, 6.07) is 5.56. The van der Waals surface area contributed by atoms with Gasteiger partial charge in [-0.15, -0.1) is 0 Å². The monoisotopic (exact) mass is 321 g/mol. The molecule has 0 heterocycles. The molecule has 0 unspecified atom stereocenters. The van der Waals surface area contributed by atoms with Crippen molar-refractivity contribution in [2.45, 2.75) is 5.75 Å². The lowest BCUT2D eigenvalue weighted by Crippen LogP contribution is -2.30. The topological polar surface area (TPSA) is 118 Å².